The number of hydrogen-bond donors (Lipinski definition) is 0. The average molecular weight is 1030 g/mol. The molecule has 0 aromatic heterocycles. The Morgan fingerprint density at radius 2 is 0.700 bits per heavy atom. The molecule has 15 rings (SSSR count). The van der Waals surface area contributed by atoms with Crippen molar-refractivity contribution in [2.45, 2.75) is 46.0 Å². The van der Waals surface area contributed by atoms with Crippen LogP contribution < -0.4 is 57.3 Å². The first-order valence-corrected chi connectivity index (χ1v) is 28.3. The molecule has 80 heavy (non-hydrogen) atoms. The minimum Gasteiger partial charge on any atom is -0.311 e. The van der Waals surface area contributed by atoms with Gasteiger partial charge in [0, 0.05) is 79.6 Å². The highest BCUT2D eigenvalue weighted by Gasteiger charge is 2.48. The summed E-state index contributed by atoms with van der Waals surface area (Å²) in [4.78, 5) is 12.7. The lowest BCUT2D eigenvalue weighted by atomic mass is 9.30. The Balaban J connectivity index is 1.07. The van der Waals surface area contributed by atoms with Gasteiger partial charge < -0.3 is 24.5 Å². The number of hydrogen-bond acceptors (Lipinski definition) is 5. The van der Waals surface area contributed by atoms with Crippen LogP contribution >= 0.6 is 0 Å². The van der Waals surface area contributed by atoms with Crippen LogP contribution in [-0.2, 0) is 5.41 Å². The molecule has 0 amide bonds. The highest BCUT2D eigenvalue weighted by atomic mass is 15.2. The zero-order valence-corrected chi connectivity index (χ0v) is 45.8. The third-order valence-corrected chi connectivity index (χ3v) is 17.0. The summed E-state index contributed by atoms with van der Waals surface area (Å²) in [5.41, 5.74) is 27.5. The molecule has 4 heterocycles. The fourth-order valence-corrected chi connectivity index (χ4v) is 13.7. The van der Waals surface area contributed by atoms with Crippen LogP contribution in [0.15, 0.2) is 261 Å². The summed E-state index contributed by atoms with van der Waals surface area (Å²) in [6.07, 6.45) is 0. The average Bonchev–Trinajstić information content (AvgIpc) is 3.59. The summed E-state index contributed by atoms with van der Waals surface area (Å²) in [6.45, 7) is 11.5. The highest BCUT2D eigenvalue weighted by molar-refractivity contribution is 7.03. The maximum Gasteiger partial charge on any atom is 0.252 e. The summed E-state index contributed by atoms with van der Waals surface area (Å²) in [7, 11) is 0. The van der Waals surface area contributed by atoms with Crippen LogP contribution in [0.2, 0.25) is 0 Å². The summed E-state index contributed by atoms with van der Waals surface area (Å²) in [5, 5.41) is 0. The van der Waals surface area contributed by atoms with Gasteiger partial charge in [0.15, 0.2) is 0 Å². The van der Waals surface area contributed by atoms with Gasteiger partial charge in [0.25, 0.3) is 13.4 Å². The van der Waals surface area contributed by atoms with Crippen molar-refractivity contribution in [2.75, 3.05) is 24.5 Å². The fraction of sp³-hybridized carbons (Fsp3) is 0.0959. The van der Waals surface area contributed by atoms with Crippen LogP contribution in [0, 0.1) is 0 Å². The second kappa shape index (κ2) is 18.6. The van der Waals surface area contributed by atoms with E-state index in [0.717, 1.165) is 39.8 Å². The van der Waals surface area contributed by atoms with Crippen LogP contribution in [0.5, 0.6) is 0 Å². The van der Waals surface area contributed by atoms with E-state index in [1.54, 1.807) is 0 Å². The summed E-state index contributed by atoms with van der Waals surface area (Å²) in [6, 6.07) is 97.6. The molecule has 7 heteroatoms. The van der Waals surface area contributed by atoms with Crippen molar-refractivity contribution in [3.8, 4) is 0 Å². The number of para-hydroxylation sites is 8. The molecule has 0 atom stereocenters. The molecular weight excluding hydrogens is 968 g/mol. The molecule has 0 saturated carbocycles. The van der Waals surface area contributed by atoms with Crippen LogP contribution in [0.4, 0.5) is 85.3 Å². The third-order valence-electron chi connectivity index (χ3n) is 17.0. The normalized spacial score (nSPS) is 13.5. The van der Waals surface area contributed by atoms with Crippen LogP contribution in [0.25, 0.3) is 0 Å². The molecular formula is C73H59B2N5. The quantitative estimate of drug-likeness (QED) is 0.141. The molecule has 0 N–H and O–H groups in total. The van der Waals surface area contributed by atoms with E-state index in [1.807, 2.05) is 0 Å². The molecule has 0 unspecified atom stereocenters. The maximum absolute atomic E-state index is 2.63. The smallest absolute Gasteiger partial charge is 0.252 e. The van der Waals surface area contributed by atoms with Crippen LogP contribution in [0.3, 0.4) is 0 Å². The zero-order chi connectivity index (χ0) is 53.8. The van der Waals surface area contributed by atoms with E-state index in [9.17, 15) is 0 Å². The number of fused-ring (bicyclic) bond motifs is 8. The lowest BCUT2D eigenvalue weighted by Gasteiger charge is -2.47. The zero-order valence-electron chi connectivity index (χ0n) is 45.8. The molecule has 0 saturated heterocycles. The lowest BCUT2D eigenvalue weighted by Crippen LogP contribution is -2.65. The van der Waals surface area contributed by atoms with Crippen molar-refractivity contribution in [3.63, 3.8) is 0 Å². The predicted molar refractivity (Wildman–Crippen MR) is 342 cm³/mol. The SMILES string of the molecule is CC(C)c1ccccc1N(c1cc2c3c(c1)N(c1ccccc1)c1cc4c(cc1B3c1ccccc1N2c1ccccc1)B1c2ccccc2N(c2ccccc2)c2cccc(c21)N4c1ccccc1)c1ccccc1C(C)(C)C. The van der Waals surface area contributed by atoms with Gasteiger partial charge in [0.2, 0.25) is 0 Å². The van der Waals surface area contributed by atoms with Gasteiger partial charge in [0.05, 0.1) is 5.69 Å². The number of anilines is 15. The molecule has 11 aromatic rings. The van der Waals surface area contributed by atoms with Crippen molar-refractivity contribution in [3.05, 3.63) is 272 Å². The number of nitrogens with zero attached hydrogens (tertiary/aromatic N) is 5. The van der Waals surface area contributed by atoms with Crippen LogP contribution in [0.1, 0.15) is 51.7 Å². The fourth-order valence-electron chi connectivity index (χ4n) is 13.7. The molecule has 11 aromatic carbocycles. The Morgan fingerprint density at radius 3 is 1.19 bits per heavy atom. The van der Waals surface area contributed by atoms with Gasteiger partial charge in [-0.3, -0.25) is 0 Å². The Hall–Kier alpha value is -9.45. The first-order valence-electron chi connectivity index (χ1n) is 28.3. The van der Waals surface area contributed by atoms with Gasteiger partial charge in [-0.25, -0.2) is 0 Å². The minimum absolute atomic E-state index is 0.0526. The molecule has 4 aliphatic rings. The highest BCUT2D eigenvalue weighted by Crippen LogP contribution is 2.52. The van der Waals surface area contributed by atoms with Gasteiger partial charge in [-0.2, -0.15) is 0 Å². The topological polar surface area (TPSA) is 16.2 Å². The number of benzene rings is 11. The molecule has 0 aliphatic carbocycles. The Bertz CT molecular complexity index is 4200. The Kier molecular flexibility index (Phi) is 11.1. The van der Waals surface area contributed by atoms with Crippen LogP contribution in [-0.4, -0.2) is 13.4 Å². The van der Waals surface area contributed by atoms with E-state index in [0.29, 0.717) is 0 Å². The summed E-state index contributed by atoms with van der Waals surface area (Å²) >= 11 is 0. The minimum atomic E-state index is -0.152. The second-order valence-corrected chi connectivity index (χ2v) is 23.1. The lowest BCUT2D eigenvalue weighted by molar-refractivity contribution is 0.591. The summed E-state index contributed by atoms with van der Waals surface area (Å²) in [5.74, 6) is 0.272. The molecule has 5 nitrogen and oxygen atoms in total. The van der Waals surface area contributed by atoms with Gasteiger partial charge in [0.1, 0.15) is 0 Å². The largest absolute Gasteiger partial charge is 0.311 e. The Morgan fingerprint density at radius 1 is 0.325 bits per heavy atom. The standard InChI is InChI=1S/C73H59B2N5/c1-49(2)55-35-18-22-39-61(55)80(62-40-23-19-36-56(62)73(3,4)5)54-45-69-72-70(46-54)79(53-33-16-9-17-34-53)68-48-67-59(47-60(68)75(72)58-38-21-25-42-64(58)77(69)51-29-12-7-13-30-51)74-57-37-20-24-41-63(57)76(50-27-10-6-11-28-50)65-43-26-44-66(71(65)74)78(67)52-31-14-8-15-32-52/h6-49H,1-5H3. The van der Waals surface area contributed by atoms with Gasteiger partial charge in [-0.15, -0.1) is 0 Å². The summed E-state index contributed by atoms with van der Waals surface area (Å²) < 4.78 is 0. The first-order chi connectivity index (χ1) is 39.2. The predicted octanol–water partition coefficient (Wildman–Crippen LogP) is 15.7. The second-order valence-electron chi connectivity index (χ2n) is 23.1. The van der Waals surface area contributed by atoms with Gasteiger partial charge in [-0.05, 0) is 158 Å². The van der Waals surface area contributed by atoms with Gasteiger partial charge >= 0.3 is 0 Å². The maximum atomic E-state index is 2.63. The molecule has 0 spiro atoms. The van der Waals surface area contributed by atoms with E-state index in [4.69, 9.17) is 0 Å². The number of rotatable bonds is 8. The van der Waals surface area contributed by atoms with Crippen molar-refractivity contribution < 1.29 is 0 Å². The van der Waals surface area contributed by atoms with Crippen molar-refractivity contribution >= 4 is 132 Å². The third kappa shape index (κ3) is 7.33. The van der Waals surface area contributed by atoms with E-state index < -0.39 is 0 Å². The van der Waals surface area contributed by atoms with Gasteiger partial charge in [-0.1, -0.05) is 192 Å². The monoisotopic (exact) mass is 1030 g/mol. The van der Waals surface area contributed by atoms with E-state index in [1.165, 1.54) is 89.4 Å². The van der Waals surface area contributed by atoms with Crippen molar-refractivity contribution in [1.29, 1.82) is 0 Å². The van der Waals surface area contributed by atoms with E-state index in [-0.39, 0.29) is 24.8 Å². The Labute approximate surface area is 471 Å². The van der Waals surface area contributed by atoms with Crippen molar-refractivity contribution in [1.82, 2.24) is 0 Å². The molecule has 4 aliphatic heterocycles. The van der Waals surface area contributed by atoms with E-state index >= 15 is 0 Å². The van der Waals surface area contributed by atoms with Crippen molar-refractivity contribution in [2.24, 2.45) is 0 Å². The molecule has 382 valence electrons. The first kappa shape index (κ1) is 47.7. The molecule has 0 radical (unpaired) electrons. The van der Waals surface area contributed by atoms with E-state index in [2.05, 4.69) is 320 Å². The molecule has 0 fully saturated rings. The molecule has 0 bridgehead atoms.